The maximum absolute atomic E-state index is 12.6. The summed E-state index contributed by atoms with van der Waals surface area (Å²) in [4.78, 5) is 37.8. The third kappa shape index (κ3) is 7.15. The van der Waals surface area contributed by atoms with Crippen LogP contribution >= 0.6 is 0 Å². The largest absolute Gasteiger partial charge is 0.476 e. The number of likely N-dealkylation sites (tertiary alicyclic amines) is 1. The zero-order chi connectivity index (χ0) is 28.1. The summed E-state index contributed by atoms with van der Waals surface area (Å²) < 4.78 is 17.1. The first kappa shape index (κ1) is 28.0. The van der Waals surface area contributed by atoms with Gasteiger partial charge in [0.05, 0.1) is 0 Å². The second-order valence-corrected chi connectivity index (χ2v) is 11.7. The van der Waals surface area contributed by atoms with Crippen LogP contribution in [0, 0.1) is 0 Å². The number of carbonyl (C=O) groups excluding carboxylic acids is 2. The van der Waals surface area contributed by atoms with Crippen LogP contribution < -0.4 is 9.64 Å². The number of anilines is 1. The molecule has 216 valence electrons. The Balaban J connectivity index is 1.05. The zero-order valence-electron chi connectivity index (χ0n) is 23.8. The molecule has 1 aromatic carbocycles. The van der Waals surface area contributed by atoms with Crippen molar-refractivity contribution in [2.24, 2.45) is 0 Å². The van der Waals surface area contributed by atoms with Crippen LogP contribution in [0.1, 0.15) is 39.2 Å². The molecule has 1 aromatic heterocycles. The number of hydrogen-bond acceptors (Lipinski definition) is 8. The highest BCUT2D eigenvalue weighted by molar-refractivity contribution is 5.69. The standard InChI is InChI=1S/C30H41N5O5/c1-30(2,3)40-29(37)34-20-25-9-10-26(21-34)35(25)24-11-12-31-27(19-24)38-18-17-32-13-15-33(16-14-32)28(36)39-22-23-7-5-4-6-8-23/h4-8,11-12,19,25-26H,9-10,13-18,20-22H2,1-3H3. The maximum Gasteiger partial charge on any atom is 0.410 e. The number of ether oxygens (including phenoxy) is 3. The Hall–Kier alpha value is -3.53. The summed E-state index contributed by atoms with van der Waals surface area (Å²) in [6.45, 7) is 11.4. The van der Waals surface area contributed by atoms with E-state index in [0.717, 1.165) is 43.7 Å². The van der Waals surface area contributed by atoms with Gasteiger partial charge >= 0.3 is 12.2 Å². The third-order valence-electron chi connectivity index (χ3n) is 7.64. The second-order valence-electron chi connectivity index (χ2n) is 11.7. The van der Waals surface area contributed by atoms with E-state index in [1.165, 1.54) is 0 Å². The summed E-state index contributed by atoms with van der Waals surface area (Å²) in [5.74, 6) is 0.606. The summed E-state index contributed by atoms with van der Waals surface area (Å²) in [6, 6.07) is 14.3. The van der Waals surface area contributed by atoms with Gasteiger partial charge < -0.3 is 28.9 Å². The van der Waals surface area contributed by atoms with Crippen molar-refractivity contribution in [1.29, 1.82) is 0 Å². The molecule has 5 rings (SSSR count). The van der Waals surface area contributed by atoms with Gasteiger partial charge in [0.2, 0.25) is 5.88 Å². The Morgan fingerprint density at radius 3 is 2.30 bits per heavy atom. The minimum atomic E-state index is -0.494. The molecule has 3 fully saturated rings. The van der Waals surface area contributed by atoms with Crippen LogP contribution in [0.5, 0.6) is 5.88 Å². The summed E-state index contributed by atoms with van der Waals surface area (Å²) in [6.07, 6.45) is 3.40. The Bertz CT molecular complexity index is 1130. The normalized spacial score (nSPS) is 21.3. The molecule has 3 aliphatic heterocycles. The van der Waals surface area contributed by atoms with Crippen molar-refractivity contribution >= 4 is 17.9 Å². The van der Waals surface area contributed by atoms with Gasteiger partial charge in [0, 0.05) is 75.8 Å². The molecule has 10 nitrogen and oxygen atoms in total. The summed E-state index contributed by atoms with van der Waals surface area (Å²) in [5, 5.41) is 0. The highest BCUT2D eigenvalue weighted by Crippen LogP contribution is 2.36. The molecule has 10 heteroatoms. The lowest BCUT2D eigenvalue weighted by molar-refractivity contribution is 0.0209. The Morgan fingerprint density at radius 1 is 0.925 bits per heavy atom. The molecule has 0 saturated carbocycles. The van der Waals surface area contributed by atoms with Crippen LogP contribution in [0.4, 0.5) is 15.3 Å². The Labute approximate surface area is 236 Å². The molecule has 3 saturated heterocycles. The van der Waals surface area contributed by atoms with Gasteiger partial charge in [0.25, 0.3) is 0 Å². The molecule has 2 aromatic rings. The highest BCUT2D eigenvalue weighted by Gasteiger charge is 2.42. The van der Waals surface area contributed by atoms with Gasteiger partial charge in [-0.25, -0.2) is 14.6 Å². The van der Waals surface area contributed by atoms with Crippen LogP contribution in [-0.4, -0.2) is 102 Å². The molecule has 2 bridgehead atoms. The number of rotatable bonds is 7. The number of benzene rings is 1. The fourth-order valence-electron chi connectivity index (χ4n) is 5.68. The second kappa shape index (κ2) is 12.3. The van der Waals surface area contributed by atoms with E-state index in [0.29, 0.717) is 45.3 Å². The maximum atomic E-state index is 12.6. The lowest BCUT2D eigenvalue weighted by Gasteiger charge is -2.42. The van der Waals surface area contributed by atoms with E-state index in [1.807, 2.05) is 68.1 Å². The van der Waals surface area contributed by atoms with Crippen molar-refractivity contribution < 1.29 is 23.8 Å². The molecule has 0 N–H and O–H groups in total. The van der Waals surface area contributed by atoms with Gasteiger partial charge in [-0.3, -0.25) is 4.90 Å². The lowest BCUT2D eigenvalue weighted by atomic mass is 10.1. The van der Waals surface area contributed by atoms with E-state index in [2.05, 4.69) is 14.8 Å². The van der Waals surface area contributed by atoms with Crippen molar-refractivity contribution in [1.82, 2.24) is 19.7 Å². The first-order valence-electron chi connectivity index (χ1n) is 14.3. The van der Waals surface area contributed by atoms with Crippen LogP contribution in [-0.2, 0) is 16.1 Å². The van der Waals surface area contributed by atoms with Crippen LogP contribution in [0.2, 0.25) is 0 Å². The average Bonchev–Trinajstić information content (AvgIpc) is 3.20. The van der Waals surface area contributed by atoms with E-state index in [1.54, 1.807) is 11.1 Å². The summed E-state index contributed by atoms with van der Waals surface area (Å²) in [5.41, 5.74) is 1.58. The van der Waals surface area contributed by atoms with Crippen molar-refractivity contribution in [2.45, 2.75) is 57.9 Å². The quantitative estimate of drug-likeness (QED) is 0.510. The van der Waals surface area contributed by atoms with Crippen molar-refractivity contribution in [3.05, 3.63) is 54.2 Å². The number of fused-ring (bicyclic) bond motifs is 2. The Kier molecular flexibility index (Phi) is 8.63. The van der Waals surface area contributed by atoms with E-state index in [-0.39, 0.29) is 24.3 Å². The van der Waals surface area contributed by atoms with Crippen molar-refractivity contribution in [2.75, 3.05) is 57.3 Å². The highest BCUT2D eigenvalue weighted by atomic mass is 16.6. The summed E-state index contributed by atoms with van der Waals surface area (Å²) in [7, 11) is 0. The third-order valence-corrected chi connectivity index (χ3v) is 7.64. The van der Waals surface area contributed by atoms with E-state index in [4.69, 9.17) is 14.2 Å². The summed E-state index contributed by atoms with van der Waals surface area (Å²) >= 11 is 0. The van der Waals surface area contributed by atoms with Crippen LogP contribution in [0.25, 0.3) is 0 Å². The molecule has 4 heterocycles. The lowest BCUT2D eigenvalue weighted by Crippen LogP contribution is -2.56. The number of piperazine rings is 2. The number of amides is 2. The molecule has 40 heavy (non-hydrogen) atoms. The number of nitrogens with zero attached hydrogens (tertiary/aromatic N) is 5. The molecule has 0 spiro atoms. The molecule has 3 aliphatic rings. The molecule has 0 aliphatic carbocycles. The van der Waals surface area contributed by atoms with E-state index in [9.17, 15) is 9.59 Å². The average molecular weight is 552 g/mol. The molecular formula is C30H41N5O5. The van der Waals surface area contributed by atoms with E-state index >= 15 is 0 Å². The van der Waals surface area contributed by atoms with Crippen molar-refractivity contribution in [3.63, 3.8) is 0 Å². The number of carbonyl (C=O) groups is 2. The fourth-order valence-corrected chi connectivity index (χ4v) is 5.68. The molecule has 2 unspecified atom stereocenters. The van der Waals surface area contributed by atoms with Gasteiger partial charge in [-0.15, -0.1) is 0 Å². The minimum absolute atomic E-state index is 0.229. The fraction of sp³-hybridized carbons (Fsp3) is 0.567. The first-order chi connectivity index (χ1) is 19.2. The smallest absolute Gasteiger partial charge is 0.410 e. The molecular weight excluding hydrogens is 510 g/mol. The number of pyridine rings is 1. The van der Waals surface area contributed by atoms with Gasteiger partial charge in [-0.05, 0) is 45.2 Å². The molecule has 2 amide bonds. The van der Waals surface area contributed by atoms with E-state index < -0.39 is 5.60 Å². The zero-order valence-corrected chi connectivity index (χ0v) is 23.8. The predicted molar refractivity (Wildman–Crippen MR) is 151 cm³/mol. The molecule has 2 atom stereocenters. The van der Waals surface area contributed by atoms with Gasteiger partial charge in [0.15, 0.2) is 0 Å². The molecule has 0 radical (unpaired) electrons. The minimum Gasteiger partial charge on any atom is -0.476 e. The number of aromatic nitrogens is 1. The SMILES string of the molecule is CC(C)(C)OC(=O)N1CC2CCC(C1)N2c1ccnc(OCCN2CCN(C(=O)OCc3ccccc3)CC2)c1. The first-order valence-corrected chi connectivity index (χ1v) is 14.3. The Morgan fingerprint density at radius 2 is 1.62 bits per heavy atom. The van der Waals surface area contributed by atoms with Crippen LogP contribution in [0.15, 0.2) is 48.7 Å². The van der Waals surface area contributed by atoms with Crippen molar-refractivity contribution in [3.8, 4) is 5.88 Å². The van der Waals surface area contributed by atoms with Crippen LogP contribution in [0.3, 0.4) is 0 Å². The number of hydrogen-bond donors (Lipinski definition) is 0. The topological polar surface area (TPSA) is 87.7 Å². The van der Waals surface area contributed by atoms with Gasteiger partial charge in [-0.1, -0.05) is 30.3 Å². The van der Waals surface area contributed by atoms with Gasteiger partial charge in [0.1, 0.15) is 18.8 Å². The predicted octanol–water partition coefficient (Wildman–Crippen LogP) is 4.00. The monoisotopic (exact) mass is 551 g/mol. The van der Waals surface area contributed by atoms with Gasteiger partial charge in [-0.2, -0.15) is 0 Å².